The van der Waals surface area contributed by atoms with Crippen molar-refractivity contribution in [3.8, 4) is 0 Å². The molecule has 0 radical (unpaired) electrons. The predicted octanol–water partition coefficient (Wildman–Crippen LogP) is 2.80. The van der Waals surface area contributed by atoms with Crippen molar-refractivity contribution < 1.29 is 18.3 Å². The topological polar surface area (TPSA) is 43.3 Å². The summed E-state index contributed by atoms with van der Waals surface area (Å²) in [5.74, 6) is -1.33. The van der Waals surface area contributed by atoms with Gasteiger partial charge in [-0.1, -0.05) is 6.07 Å². The minimum atomic E-state index is -0.579. The van der Waals surface area contributed by atoms with E-state index in [0.717, 1.165) is 12.8 Å². The fraction of sp³-hybridized carbons (Fsp3) is 0.389. The van der Waals surface area contributed by atoms with Crippen LogP contribution in [0.15, 0.2) is 30.3 Å². The van der Waals surface area contributed by atoms with Crippen molar-refractivity contribution in [1.29, 1.82) is 0 Å². The molecule has 1 amide bonds. The number of benzene rings is 1. The minimum absolute atomic E-state index is 0.00934. The molecule has 24 heavy (non-hydrogen) atoms. The standard InChI is InChI=1S/C18H20F2N2O2/c1-22-13(11-14-15(19)3-2-4-16(14)20)5-6-17(22)18(23)21-12-7-9-24-10-8-12/h2-6,12H,7-11H2,1H3,(H,21,23). The lowest BCUT2D eigenvalue weighted by atomic mass is 10.1. The van der Waals surface area contributed by atoms with Crippen molar-refractivity contribution in [2.24, 2.45) is 7.05 Å². The number of halogens is 2. The Balaban J connectivity index is 1.74. The van der Waals surface area contributed by atoms with E-state index in [4.69, 9.17) is 4.74 Å². The zero-order valence-electron chi connectivity index (χ0n) is 13.5. The van der Waals surface area contributed by atoms with Crippen molar-refractivity contribution in [2.45, 2.75) is 25.3 Å². The van der Waals surface area contributed by atoms with Gasteiger partial charge in [0, 0.05) is 44.0 Å². The van der Waals surface area contributed by atoms with Crippen LogP contribution in [0.25, 0.3) is 0 Å². The Bertz CT molecular complexity index is 716. The monoisotopic (exact) mass is 334 g/mol. The molecule has 3 rings (SSSR count). The summed E-state index contributed by atoms with van der Waals surface area (Å²) < 4.78 is 34.6. The number of hydrogen-bond acceptors (Lipinski definition) is 2. The second-order valence-electron chi connectivity index (χ2n) is 6.01. The lowest BCUT2D eigenvalue weighted by Crippen LogP contribution is -2.39. The zero-order chi connectivity index (χ0) is 17.1. The van der Waals surface area contributed by atoms with Gasteiger partial charge in [-0.2, -0.15) is 0 Å². The Kier molecular flexibility index (Phi) is 4.94. The largest absolute Gasteiger partial charge is 0.381 e. The number of carbonyl (C=O) groups excluding carboxylic acids is 1. The lowest BCUT2D eigenvalue weighted by molar-refractivity contribution is 0.0692. The van der Waals surface area contributed by atoms with Gasteiger partial charge in [0.05, 0.1) is 0 Å². The van der Waals surface area contributed by atoms with Gasteiger partial charge in [-0.05, 0) is 37.1 Å². The second kappa shape index (κ2) is 7.13. The molecule has 4 nitrogen and oxygen atoms in total. The highest BCUT2D eigenvalue weighted by Gasteiger charge is 2.20. The molecule has 6 heteroatoms. The van der Waals surface area contributed by atoms with Crippen LogP contribution in [0.1, 0.15) is 34.6 Å². The van der Waals surface area contributed by atoms with E-state index in [1.165, 1.54) is 18.2 Å². The summed E-state index contributed by atoms with van der Waals surface area (Å²) in [7, 11) is 1.73. The summed E-state index contributed by atoms with van der Waals surface area (Å²) >= 11 is 0. The smallest absolute Gasteiger partial charge is 0.268 e. The Morgan fingerprint density at radius 2 is 1.88 bits per heavy atom. The third kappa shape index (κ3) is 3.48. The van der Waals surface area contributed by atoms with E-state index in [1.54, 1.807) is 23.7 Å². The molecule has 0 saturated carbocycles. The van der Waals surface area contributed by atoms with Gasteiger partial charge in [-0.15, -0.1) is 0 Å². The van der Waals surface area contributed by atoms with Crippen molar-refractivity contribution >= 4 is 5.91 Å². The summed E-state index contributed by atoms with van der Waals surface area (Å²) in [6.45, 7) is 1.30. The number of carbonyl (C=O) groups is 1. The molecule has 1 aromatic heterocycles. The first-order valence-corrected chi connectivity index (χ1v) is 8.02. The van der Waals surface area contributed by atoms with Crippen LogP contribution in [-0.2, 0) is 18.2 Å². The Morgan fingerprint density at radius 3 is 2.54 bits per heavy atom. The molecule has 1 N–H and O–H groups in total. The van der Waals surface area contributed by atoms with Gasteiger partial charge in [0.25, 0.3) is 5.91 Å². The maximum atomic E-state index is 13.8. The minimum Gasteiger partial charge on any atom is -0.381 e. The summed E-state index contributed by atoms with van der Waals surface area (Å²) in [6, 6.07) is 7.33. The summed E-state index contributed by atoms with van der Waals surface area (Å²) in [5, 5.41) is 2.99. The van der Waals surface area contributed by atoms with Gasteiger partial charge < -0.3 is 14.6 Å². The van der Waals surface area contributed by atoms with Crippen LogP contribution >= 0.6 is 0 Å². The van der Waals surface area contributed by atoms with E-state index < -0.39 is 11.6 Å². The van der Waals surface area contributed by atoms with Gasteiger partial charge in [0.2, 0.25) is 0 Å². The van der Waals surface area contributed by atoms with E-state index in [1.807, 2.05) is 0 Å². The first kappa shape index (κ1) is 16.6. The highest BCUT2D eigenvalue weighted by atomic mass is 19.1. The zero-order valence-corrected chi connectivity index (χ0v) is 13.5. The molecular formula is C18H20F2N2O2. The van der Waals surface area contributed by atoms with Crippen LogP contribution in [0.5, 0.6) is 0 Å². The van der Waals surface area contributed by atoms with Crippen LogP contribution in [0.3, 0.4) is 0 Å². The van der Waals surface area contributed by atoms with Gasteiger partial charge >= 0.3 is 0 Å². The van der Waals surface area contributed by atoms with Crippen LogP contribution in [0, 0.1) is 11.6 Å². The first-order valence-electron chi connectivity index (χ1n) is 8.02. The molecule has 1 aliphatic rings. The number of ether oxygens (including phenoxy) is 1. The molecule has 1 fully saturated rings. The fourth-order valence-corrected chi connectivity index (χ4v) is 2.94. The van der Waals surface area contributed by atoms with Crippen LogP contribution in [0.4, 0.5) is 8.78 Å². The number of nitrogens with one attached hydrogen (secondary N) is 1. The number of hydrogen-bond donors (Lipinski definition) is 1. The van der Waals surface area contributed by atoms with E-state index in [9.17, 15) is 13.6 Å². The van der Waals surface area contributed by atoms with Gasteiger partial charge in [0.15, 0.2) is 0 Å². The summed E-state index contributed by atoms with van der Waals surface area (Å²) in [4.78, 5) is 12.4. The van der Waals surface area contributed by atoms with E-state index >= 15 is 0 Å². The van der Waals surface area contributed by atoms with E-state index in [-0.39, 0.29) is 23.9 Å². The maximum Gasteiger partial charge on any atom is 0.268 e. The van der Waals surface area contributed by atoms with Crippen molar-refractivity contribution in [1.82, 2.24) is 9.88 Å². The molecule has 2 aromatic rings. The first-order chi connectivity index (χ1) is 11.6. The number of amides is 1. The molecular weight excluding hydrogens is 314 g/mol. The Labute approximate surface area is 139 Å². The van der Waals surface area contributed by atoms with Crippen LogP contribution in [-0.4, -0.2) is 29.7 Å². The molecule has 128 valence electrons. The van der Waals surface area contributed by atoms with Gasteiger partial charge in [0.1, 0.15) is 17.3 Å². The number of aromatic nitrogens is 1. The number of nitrogens with zero attached hydrogens (tertiary/aromatic N) is 1. The molecule has 1 aliphatic heterocycles. The molecule has 1 saturated heterocycles. The van der Waals surface area contributed by atoms with Crippen LogP contribution in [0.2, 0.25) is 0 Å². The molecule has 0 atom stereocenters. The molecule has 0 aliphatic carbocycles. The van der Waals surface area contributed by atoms with E-state index in [2.05, 4.69) is 5.32 Å². The second-order valence-corrected chi connectivity index (χ2v) is 6.01. The van der Waals surface area contributed by atoms with Crippen molar-refractivity contribution in [2.75, 3.05) is 13.2 Å². The molecule has 0 bridgehead atoms. The highest BCUT2D eigenvalue weighted by Crippen LogP contribution is 2.19. The fourth-order valence-electron chi connectivity index (χ4n) is 2.94. The van der Waals surface area contributed by atoms with Gasteiger partial charge in [-0.3, -0.25) is 4.79 Å². The quantitative estimate of drug-likeness (QED) is 0.934. The number of rotatable bonds is 4. The summed E-state index contributed by atoms with van der Waals surface area (Å²) in [6.07, 6.45) is 1.69. The predicted molar refractivity (Wildman–Crippen MR) is 85.9 cm³/mol. The Morgan fingerprint density at radius 1 is 1.21 bits per heavy atom. The Hall–Kier alpha value is -2.21. The molecule has 0 spiro atoms. The third-order valence-corrected chi connectivity index (χ3v) is 4.43. The van der Waals surface area contributed by atoms with Crippen molar-refractivity contribution in [3.05, 3.63) is 58.9 Å². The normalized spacial score (nSPS) is 15.5. The lowest BCUT2D eigenvalue weighted by Gasteiger charge is -2.23. The third-order valence-electron chi connectivity index (χ3n) is 4.43. The molecule has 2 heterocycles. The summed E-state index contributed by atoms with van der Waals surface area (Å²) in [5.41, 5.74) is 1.17. The highest BCUT2D eigenvalue weighted by molar-refractivity contribution is 5.93. The maximum absolute atomic E-state index is 13.8. The molecule has 0 unspecified atom stereocenters. The van der Waals surface area contributed by atoms with Gasteiger partial charge in [-0.25, -0.2) is 8.78 Å². The van der Waals surface area contributed by atoms with Crippen LogP contribution < -0.4 is 5.32 Å². The molecule has 1 aromatic carbocycles. The van der Waals surface area contributed by atoms with Crippen molar-refractivity contribution in [3.63, 3.8) is 0 Å². The average Bonchev–Trinajstić information content (AvgIpc) is 2.93. The SMILES string of the molecule is Cn1c(Cc2c(F)cccc2F)ccc1C(=O)NC1CCOCC1. The van der Waals surface area contributed by atoms with E-state index in [0.29, 0.717) is 24.6 Å². The average molecular weight is 334 g/mol.